The summed E-state index contributed by atoms with van der Waals surface area (Å²) in [7, 11) is 0. The number of benzene rings is 10. The van der Waals surface area contributed by atoms with Crippen molar-refractivity contribution < 1.29 is 0 Å². The molecule has 0 fully saturated rings. The molecule has 3 aromatic heterocycles. The van der Waals surface area contributed by atoms with Gasteiger partial charge in [-0.1, -0.05) is 182 Å². The highest BCUT2D eigenvalue weighted by Crippen LogP contribution is 2.47. The van der Waals surface area contributed by atoms with E-state index in [1.807, 2.05) is 0 Å². The lowest BCUT2D eigenvalue weighted by atomic mass is 9.98. The molecule has 0 saturated carbocycles. The highest BCUT2D eigenvalue weighted by Gasteiger charge is 2.26. The van der Waals surface area contributed by atoms with Crippen LogP contribution in [0, 0.1) is 0 Å². The Labute approximate surface area is 376 Å². The summed E-state index contributed by atoms with van der Waals surface area (Å²) in [6, 6.07) is 90.6. The molecule has 0 atom stereocenters. The average Bonchev–Trinajstić information content (AvgIpc) is 4.03. The lowest BCUT2D eigenvalue weighted by Gasteiger charge is -2.15. The Hall–Kier alpha value is -8.66. The van der Waals surface area contributed by atoms with E-state index in [1.165, 1.54) is 99.2 Å². The minimum atomic E-state index is 1.11. The molecule has 0 amide bonds. The van der Waals surface area contributed by atoms with Crippen molar-refractivity contribution in [2.24, 2.45) is 0 Å². The van der Waals surface area contributed by atoms with Crippen molar-refractivity contribution >= 4 is 54.5 Å². The lowest BCUT2D eigenvalue weighted by molar-refractivity contribution is 1.12. The lowest BCUT2D eigenvalue weighted by Crippen LogP contribution is -2.01. The van der Waals surface area contributed by atoms with Gasteiger partial charge in [-0.05, 0) is 100 Å². The molecule has 3 heteroatoms. The maximum absolute atomic E-state index is 2.50. The Morgan fingerprint density at radius 2 is 0.631 bits per heavy atom. The van der Waals surface area contributed by atoms with Crippen LogP contribution in [0.25, 0.3) is 116 Å². The Morgan fingerprint density at radius 3 is 1.20 bits per heavy atom. The van der Waals surface area contributed by atoms with E-state index in [4.69, 9.17) is 0 Å². The number of rotatable bonds is 7. The van der Waals surface area contributed by atoms with Gasteiger partial charge in [0.25, 0.3) is 0 Å². The van der Waals surface area contributed by atoms with Crippen molar-refractivity contribution in [2.75, 3.05) is 0 Å². The third kappa shape index (κ3) is 5.90. The fraction of sp³-hybridized carbons (Fsp3) is 0. The van der Waals surface area contributed by atoms with Crippen LogP contribution in [0.15, 0.2) is 249 Å². The van der Waals surface area contributed by atoms with Crippen molar-refractivity contribution in [3.63, 3.8) is 0 Å². The van der Waals surface area contributed by atoms with Crippen LogP contribution < -0.4 is 0 Å². The van der Waals surface area contributed by atoms with Gasteiger partial charge in [-0.3, -0.25) is 0 Å². The minimum Gasteiger partial charge on any atom is -0.309 e. The van der Waals surface area contributed by atoms with Crippen molar-refractivity contribution in [3.8, 4) is 61.7 Å². The van der Waals surface area contributed by atoms with E-state index >= 15 is 0 Å². The van der Waals surface area contributed by atoms with Crippen LogP contribution in [-0.4, -0.2) is 13.7 Å². The maximum atomic E-state index is 2.50. The first-order valence-corrected chi connectivity index (χ1v) is 22.4. The monoisotopic (exact) mass is 827 g/mol. The first-order valence-electron chi connectivity index (χ1n) is 22.4. The van der Waals surface area contributed by atoms with Crippen molar-refractivity contribution in [3.05, 3.63) is 249 Å². The Kier molecular flexibility index (Phi) is 8.53. The second kappa shape index (κ2) is 15.0. The summed E-state index contributed by atoms with van der Waals surface area (Å²) in [5.41, 5.74) is 18.8. The van der Waals surface area contributed by atoms with Gasteiger partial charge in [0.05, 0.1) is 33.3 Å². The quantitative estimate of drug-likeness (QED) is 0.152. The second-order valence-corrected chi connectivity index (χ2v) is 16.9. The summed E-state index contributed by atoms with van der Waals surface area (Å²) in [5, 5.41) is 6.12. The van der Waals surface area contributed by atoms with Crippen molar-refractivity contribution in [1.29, 1.82) is 0 Å². The van der Waals surface area contributed by atoms with Gasteiger partial charge in [0, 0.05) is 49.6 Å². The Morgan fingerprint density at radius 1 is 0.215 bits per heavy atom. The molecule has 0 spiro atoms. The minimum absolute atomic E-state index is 1.11. The normalized spacial score (nSPS) is 11.7. The molecule has 10 aromatic carbocycles. The van der Waals surface area contributed by atoms with E-state index in [9.17, 15) is 0 Å². The molecular formula is C62H41N3. The largest absolute Gasteiger partial charge is 0.309 e. The molecular weight excluding hydrogens is 787 g/mol. The third-order valence-electron chi connectivity index (χ3n) is 13.2. The van der Waals surface area contributed by atoms with Gasteiger partial charge in [-0.25, -0.2) is 0 Å². The molecule has 0 saturated heterocycles. The predicted molar refractivity (Wildman–Crippen MR) is 274 cm³/mol. The van der Waals surface area contributed by atoms with Crippen LogP contribution in [-0.2, 0) is 0 Å². The standard InChI is InChI=1S/C62H41N3/c1-6-18-42(19-7-1)46-30-38-57-54(40-46)55-41-47(43-20-8-2-9-21-43)31-39-58(55)63(57)49-32-34-50(35-33-49)64-56-29-17-16-28-51(56)52-36-37-53-59(44-22-10-3-11-23-44)60(45-24-12-4-13-25-45)65(62(53)61(52)64)48-26-14-5-15-27-48/h1-41H. The highest BCUT2D eigenvalue weighted by atomic mass is 15.1. The van der Waals surface area contributed by atoms with Crippen LogP contribution in [0.3, 0.4) is 0 Å². The summed E-state index contributed by atoms with van der Waals surface area (Å²) in [5.74, 6) is 0. The number of para-hydroxylation sites is 2. The number of nitrogens with zero attached hydrogens (tertiary/aromatic N) is 3. The van der Waals surface area contributed by atoms with E-state index in [2.05, 4.69) is 262 Å². The van der Waals surface area contributed by atoms with Gasteiger partial charge in [0.1, 0.15) is 0 Å². The molecule has 0 aliphatic heterocycles. The fourth-order valence-electron chi connectivity index (χ4n) is 10.4. The van der Waals surface area contributed by atoms with Crippen LogP contribution >= 0.6 is 0 Å². The summed E-state index contributed by atoms with van der Waals surface area (Å²) < 4.78 is 7.43. The maximum Gasteiger partial charge on any atom is 0.0789 e. The molecule has 0 radical (unpaired) electrons. The first-order chi connectivity index (χ1) is 32.3. The molecule has 3 nitrogen and oxygen atoms in total. The summed E-state index contributed by atoms with van der Waals surface area (Å²) in [4.78, 5) is 0. The molecule has 13 aromatic rings. The summed E-state index contributed by atoms with van der Waals surface area (Å²) in [6.45, 7) is 0. The molecule has 0 N–H and O–H groups in total. The molecule has 0 aliphatic rings. The van der Waals surface area contributed by atoms with Gasteiger partial charge in [-0.2, -0.15) is 0 Å². The second-order valence-electron chi connectivity index (χ2n) is 16.9. The van der Waals surface area contributed by atoms with Crippen LogP contribution in [0.5, 0.6) is 0 Å². The molecule has 65 heavy (non-hydrogen) atoms. The summed E-state index contributed by atoms with van der Waals surface area (Å²) >= 11 is 0. The van der Waals surface area contributed by atoms with Crippen LogP contribution in [0.1, 0.15) is 0 Å². The topological polar surface area (TPSA) is 14.8 Å². The van der Waals surface area contributed by atoms with Gasteiger partial charge in [-0.15, -0.1) is 0 Å². The summed E-state index contributed by atoms with van der Waals surface area (Å²) in [6.07, 6.45) is 0. The van der Waals surface area contributed by atoms with Crippen molar-refractivity contribution in [2.45, 2.75) is 0 Å². The van der Waals surface area contributed by atoms with E-state index < -0.39 is 0 Å². The Balaban J connectivity index is 1.07. The highest BCUT2D eigenvalue weighted by molar-refractivity contribution is 6.22. The molecule has 13 rings (SSSR count). The third-order valence-corrected chi connectivity index (χ3v) is 13.2. The molecule has 0 aliphatic carbocycles. The number of fused-ring (bicyclic) bond motifs is 8. The molecule has 0 unspecified atom stereocenters. The van der Waals surface area contributed by atoms with Gasteiger partial charge < -0.3 is 13.7 Å². The van der Waals surface area contributed by atoms with Gasteiger partial charge in [0.2, 0.25) is 0 Å². The molecule has 304 valence electrons. The van der Waals surface area contributed by atoms with E-state index in [0.717, 1.165) is 17.1 Å². The zero-order valence-electron chi connectivity index (χ0n) is 35.5. The molecule has 3 heterocycles. The zero-order chi connectivity index (χ0) is 42.8. The van der Waals surface area contributed by atoms with Gasteiger partial charge >= 0.3 is 0 Å². The number of hydrogen-bond acceptors (Lipinski definition) is 0. The SMILES string of the molecule is c1ccc(-c2ccc3c(c2)c2cc(-c4ccccc4)ccc2n3-c2ccc(-n3c4ccccc4c4ccc5c(-c6ccccc6)c(-c6ccccc6)n(-c6ccccc6)c5c43)cc2)cc1. The van der Waals surface area contributed by atoms with E-state index in [1.54, 1.807) is 0 Å². The van der Waals surface area contributed by atoms with E-state index in [-0.39, 0.29) is 0 Å². The van der Waals surface area contributed by atoms with Crippen LogP contribution in [0.4, 0.5) is 0 Å². The first kappa shape index (κ1) is 36.9. The Bertz CT molecular complexity index is 3780. The zero-order valence-corrected chi connectivity index (χ0v) is 35.5. The van der Waals surface area contributed by atoms with Crippen molar-refractivity contribution in [1.82, 2.24) is 13.7 Å². The number of hydrogen-bond donors (Lipinski definition) is 0. The average molecular weight is 828 g/mol. The van der Waals surface area contributed by atoms with E-state index in [0.29, 0.717) is 0 Å². The predicted octanol–water partition coefficient (Wildman–Crippen LogP) is 16.5. The van der Waals surface area contributed by atoms with Crippen LogP contribution in [0.2, 0.25) is 0 Å². The van der Waals surface area contributed by atoms with Gasteiger partial charge in [0.15, 0.2) is 0 Å². The number of aromatic nitrogens is 3. The smallest absolute Gasteiger partial charge is 0.0789 e. The fourth-order valence-corrected chi connectivity index (χ4v) is 10.4. The molecule has 0 bridgehead atoms.